The van der Waals surface area contributed by atoms with Crippen LogP contribution in [-0.2, 0) is 0 Å². The highest BCUT2D eigenvalue weighted by atomic mass is 32.2. The normalized spacial score (nSPS) is 12.0. The number of carbonyl (C=O) groups is 1. The zero-order valence-electron chi connectivity index (χ0n) is 12.2. The van der Waals surface area contributed by atoms with E-state index in [0.717, 1.165) is 21.7 Å². The van der Waals surface area contributed by atoms with Gasteiger partial charge in [0.1, 0.15) is 21.1 Å². The van der Waals surface area contributed by atoms with Gasteiger partial charge in [-0.15, -0.1) is 23.1 Å². The van der Waals surface area contributed by atoms with Crippen molar-refractivity contribution in [2.75, 3.05) is 5.75 Å². The highest BCUT2D eigenvalue weighted by molar-refractivity contribution is 7.99. The van der Waals surface area contributed by atoms with E-state index < -0.39 is 11.6 Å². The highest BCUT2D eigenvalue weighted by Crippen LogP contribution is 2.36. The quantitative estimate of drug-likeness (QED) is 0.626. The first-order chi connectivity index (χ1) is 9.91. The zero-order valence-corrected chi connectivity index (χ0v) is 13.8. The van der Waals surface area contributed by atoms with Crippen LogP contribution in [0.25, 0.3) is 10.2 Å². The summed E-state index contributed by atoms with van der Waals surface area (Å²) in [5.74, 6) is -0.408. The Hall–Kier alpha value is -1.18. The predicted octanol–water partition coefficient (Wildman–Crippen LogP) is 3.34. The molecular formula is C14H18N2O3S2. The lowest BCUT2D eigenvalue weighted by molar-refractivity contribution is 0.0571. The SMILES string of the molecule is CCC(O)(CC)CSc1ncnc2sc(C(=O)O)c(C)c12. The molecule has 5 nitrogen and oxygen atoms in total. The van der Waals surface area contributed by atoms with Crippen molar-refractivity contribution in [2.24, 2.45) is 0 Å². The third-order valence-electron chi connectivity index (χ3n) is 3.68. The number of hydrogen-bond acceptors (Lipinski definition) is 6. The van der Waals surface area contributed by atoms with E-state index in [1.807, 2.05) is 13.8 Å². The highest BCUT2D eigenvalue weighted by Gasteiger charge is 2.24. The number of aromatic carboxylic acids is 1. The van der Waals surface area contributed by atoms with Gasteiger partial charge in [0.2, 0.25) is 0 Å². The molecular weight excluding hydrogens is 308 g/mol. The van der Waals surface area contributed by atoms with Crippen molar-refractivity contribution in [1.82, 2.24) is 9.97 Å². The molecule has 2 aromatic heterocycles. The molecule has 0 aliphatic rings. The number of rotatable bonds is 6. The second-order valence-electron chi connectivity index (χ2n) is 4.94. The molecule has 0 aliphatic carbocycles. The van der Waals surface area contributed by atoms with E-state index in [2.05, 4.69) is 9.97 Å². The van der Waals surface area contributed by atoms with E-state index in [1.54, 1.807) is 6.92 Å². The Morgan fingerprint density at radius 3 is 2.62 bits per heavy atom. The van der Waals surface area contributed by atoms with Crippen molar-refractivity contribution >= 4 is 39.3 Å². The van der Waals surface area contributed by atoms with Crippen LogP contribution in [0.1, 0.15) is 41.9 Å². The number of carboxylic acids is 1. The molecule has 7 heteroatoms. The van der Waals surface area contributed by atoms with E-state index >= 15 is 0 Å². The Balaban J connectivity index is 2.39. The first-order valence-corrected chi connectivity index (χ1v) is 8.54. The number of thiophene rings is 1. The van der Waals surface area contributed by atoms with Crippen LogP contribution in [0, 0.1) is 6.92 Å². The lowest BCUT2D eigenvalue weighted by Crippen LogP contribution is -2.29. The summed E-state index contributed by atoms with van der Waals surface area (Å²) in [6, 6.07) is 0. The minimum atomic E-state index is -0.940. The predicted molar refractivity (Wildman–Crippen MR) is 85.4 cm³/mol. The van der Waals surface area contributed by atoms with Crippen molar-refractivity contribution in [2.45, 2.75) is 44.2 Å². The summed E-state index contributed by atoms with van der Waals surface area (Å²) in [6.45, 7) is 5.69. The summed E-state index contributed by atoms with van der Waals surface area (Å²) in [4.78, 5) is 20.6. The van der Waals surface area contributed by atoms with Crippen molar-refractivity contribution in [3.63, 3.8) is 0 Å². The molecule has 21 heavy (non-hydrogen) atoms. The molecule has 0 aliphatic heterocycles. The van der Waals surface area contributed by atoms with Gasteiger partial charge >= 0.3 is 5.97 Å². The fraction of sp³-hybridized carbons (Fsp3) is 0.500. The molecule has 0 unspecified atom stereocenters. The molecule has 0 saturated carbocycles. The first-order valence-electron chi connectivity index (χ1n) is 6.74. The van der Waals surface area contributed by atoms with Gasteiger partial charge in [0.05, 0.1) is 5.60 Å². The van der Waals surface area contributed by atoms with E-state index in [9.17, 15) is 15.0 Å². The monoisotopic (exact) mass is 326 g/mol. The van der Waals surface area contributed by atoms with Crippen LogP contribution in [0.2, 0.25) is 0 Å². The summed E-state index contributed by atoms with van der Waals surface area (Å²) < 4.78 is 0. The molecule has 2 aromatic rings. The Bertz CT molecular complexity index is 666. The van der Waals surface area contributed by atoms with Gasteiger partial charge in [-0.25, -0.2) is 14.8 Å². The van der Waals surface area contributed by atoms with Crippen molar-refractivity contribution in [3.8, 4) is 0 Å². The molecule has 2 rings (SSSR count). The van der Waals surface area contributed by atoms with Gasteiger partial charge < -0.3 is 10.2 Å². The van der Waals surface area contributed by atoms with Crippen molar-refractivity contribution < 1.29 is 15.0 Å². The lowest BCUT2D eigenvalue weighted by Gasteiger charge is -2.24. The maximum absolute atomic E-state index is 11.2. The molecule has 0 fully saturated rings. The van der Waals surface area contributed by atoms with Crippen molar-refractivity contribution in [1.29, 1.82) is 0 Å². The number of thioether (sulfide) groups is 1. The van der Waals surface area contributed by atoms with E-state index in [4.69, 9.17) is 0 Å². The molecule has 0 amide bonds. The molecule has 0 aromatic carbocycles. The van der Waals surface area contributed by atoms with E-state index in [0.29, 0.717) is 33.9 Å². The summed E-state index contributed by atoms with van der Waals surface area (Å²) in [6.07, 6.45) is 2.80. The van der Waals surface area contributed by atoms with Gasteiger partial charge in [-0.1, -0.05) is 13.8 Å². The second-order valence-corrected chi connectivity index (χ2v) is 6.90. The minimum Gasteiger partial charge on any atom is -0.477 e. The average molecular weight is 326 g/mol. The summed E-state index contributed by atoms with van der Waals surface area (Å²) in [5.41, 5.74) is -0.0243. The maximum atomic E-state index is 11.2. The third kappa shape index (κ3) is 3.20. The van der Waals surface area contributed by atoms with Crippen LogP contribution in [0.5, 0.6) is 0 Å². The summed E-state index contributed by atoms with van der Waals surface area (Å²) in [7, 11) is 0. The standard InChI is InChI=1S/C14H18N2O3S2/c1-4-14(19,5-2)6-20-11-9-8(3)10(13(17)18)21-12(9)16-7-15-11/h7,19H,4-6H2,1-3H3,(H,17,18). The largest absolute Gasteiger partial charge is 0.477 e. The Labute approximate surface area is 131 Å². The summed E-state index contributed by atoms with van der Waals surface area (Å²) >= 11 is 2.62. The molecule has 114 valence electrons. The average Bonchev–Trinajstić information content (AvgIpc) is 2.83. The molecule has 0 atom stereocenters. The number of aliphatic hydroxyl groups is 1. The maximum Gasteiger partial charge on any atom is 0.346 e. The van der Waals surface area contributed by atoms with Gasteiger partial charge in [-0.3, -0.25) is 0 Å². The Kier molecular flexibility index (Phi) is 4.85. The van der Waals surface area contributed by atoms with E-state index in [-0.39, 0.29) is 0 Å². The Morgan fingerprint density at radius 1 is 1.38 bits per heavy atom. The first kappa shape index (κ1) is 16.2. The second kappa shape index (κ2) is 6.29. The minimum absolute atomic E-state index is 0.300. The van der Waals surface area contributed by atoms with Crippen LogP contribution in [0.4, 0.5) is 0 Å². The van der Waals surface area contributed by atoms with Crippen LogP contribution in [0.15, 0.2) is 11.4 Å². The number of hydrogen-bond donors (Lipinski definition) is 2. The van der Waals surface area contributed by atoms with Crippen LogP contribution >= 0.6 is 23.1 Å². The van der Waals surface area contributed by atoms with Gasteiger partial charge in [0, 0.05) is 11.1 Å². The van der Waals surface area contributed by atoms with Crippen LogP contribution < -0.4 is 0 Å². The fourth-order valence-electron chi connectivity index (χ4n) is 2.01. The third-order valence-corrected chi connectivity index (χ3v) is 6.13. The molecule has 0 radical (unpaired) electrons. The number of carboxylic acid groups (broad SMARTS) is 1. The van der Waals surface area contributed by atoms with Gasteiger partial charge in [-0.2, -0.15) is 0 Å². The smallest absolute Gasteiger partial charge is 0.346 e. The zero-order chi connectivity index (χ0) is 15.6. The lowest BCUT2D eigenvalue weighted by atomic mass is 10.0. The number of aromatic nitrogens is 2. The number of fused-ring (bicyclic) bond motifs is 1. The molecule has 2 heterocycles. The van der Waals surface area contributed by atoms with Crippen LogP contribution in [0.3, 0.4) is 0 Å². The molecule has 0 bridgehead atoms. The molecule has 2 N–H and O–H groups in total. The van der Waals surface area contributed by atoms with E-state index in [1.165, 1.54) is 18.1 Å². The Morgan fingerprint density at radius 2 is 2.05 bits per heavy atom. The molecule has 0 spiro atoms. The van der Waals surface area contributed by atoms with Gasteiger partial charge in [-0.05, 0) is 25.3 Å². The molecule has 0 saturated heterocycles. The number of nitrogens with zero attached hydrogens (tertiary/aromatic N) is 2. The fourth-order valence-corrected chi connectivity index (χ4v) is 4.39. The van der Waals surface area contributed by atoms with Crippen molar-refractivity contribution in [3.05, 3.63) is 16.8 Å². The van der Waals surface area contributed by atoms with Gasteiger partial charge in [0.15, 0.2) is 0 Å². The van der Waals surface area contributed by atoms with Gasteiger partial charge in [0.25, 0.3) is 0 Å². The van der Waals surface area contributed by atoms with Crippen LogP contribution in [-0.4, -0.2) is 37.5 Å². The number of aryl methyl sites for hydroxylation is 1. The topological polar surface area (TPSA) is 83.3 Å². The summed E-state index contributed by atoms with van der Waals surface area (Å²) in [5, 5.41) is 21.1.